The Morgan fingerprint density at radius 1 is 0.960 bits per heavy atom. The smallest absolute Gasteiger partial charge is 0.163 e. The number of hydrogen-bond donors (Lipinski definition) is 1. The Labute approximate surface area is 150 Å². The van der Waals surface area contributed by atoms with Gasteiger partial charge in [-0.25, -0.2) is 0 Å². The first-order valence-electron chi connectivity index (χ1n) is 8.66. The summed E-state index contributed by atoms with van der Waals surface area (Å²) in [5, 5.41) is 8.59. The topological polar surface area (TPSA) is 66.4 Å². The van der Waals surface area contributed by atoms with Gasteiger partial charge >= 0.3 is 0 Å². The van der Waals surface area contributed by atoms with Crippen molar-refractivity contribution in [3.63, 3.8) is 0 Å². The fourth-order valence-electron chi connectivity index (χ4n) is 2.58. The van der Waals surface area contributed by atoms with Crippen LogP contribution in [0.3, 0.4) is 0 Å². The SMILES string of the molecule is CC1(C)OC[C@@H](CO)O1.CC1(C)OC[C@@H](COCc2ccccc2)O1. The molecule has 142 valence electrons. The van der Waals surface area contributed by atoms with Crippen LogP contribution in [0.25, 0.3) is 0 Å². The Bertz CT molecular complexity index is 502. The zero-order chi connectivity index (χ0) is 18.3. The Balaban J connectivity index is 0.000000212. The summed E-state index contributed by atoms with van der Waals surface area (Å²) in [5.41, 5.74) is 1.18. The molecule has 1 aromatic rings. The van der Waals surface area contributed by atoms with Crippen molar-refractivity contribution >= 4 is 0 Å². The largest absolute Gasteiger partial charge is 0.394 e. The molecule has 1 aromatic carbocycles. The van der Waals surface area contributed by atoms with E-state index in [0.717, 1.165) is 0 Å². The zero-order valence-corrected chi connectivity index (χ0v) is 15.6. The molecule has 0 saturated carbocycles. The molecule has 0 aromatic heterocycles. The van der Waals surface area contributed by atoms with E-state index in [1.165, 1.54) is 5.56 Å². The molecule has 3 rings (SSSR count). The summed E-state index contributed by atoms with van der Waals surface area (Å²) in [4.78, 5) is 0. The number of aliphatic hydroxyl groups is 1. The van der Waals surface area contributed by atoms with Gasteiger partial charge in [0.1, 0.15) is 12.2 Å². The Morgan fingerprint density at radius 3 is 1.96 bits per heavy atom. The summed E-state index contributed by atoms with van der Waals surface area (Å²) < 4.78 is 27.1. The van der Waals surface area contributed by atoms with E-state index in [1.807, 2.05) is 45.9 Å². The van der Waals surface area contributed by atoms with E-state index in [-0.39, 0.29) is 18.8 Å². The Morgan fingerprint density at radius 2 is 1.52 bits per heavy atom. The van der Waals surface area contributed by atoms with Crippen molar-refractivity contribution in [3.8, 4) is 0 Å². The third-order valence-electron chi connectivity index (χ3n) is 3.75. The fourth-order valence-corrected chi connectivity index (χ4v) is 2.58. The van der Waals surface area contributed by atoms with Crippen molar-refractivity contribution in [2.75, 3.05) is 26.4 Å². The van der Waals surface area contributed by atoms with Crippen LogP contribution in [0, 0.1) is 0 Å². The lowest BCUT2D eigenvalue weighted by Gasteiger charge is -2.17. The Hall–Kier alpha value is -1.02. The van der Waals surface area contributed by atoms with Crippen LogP contribution in [-0.4, -0.2) is 55.3 Å². The minimum Gasteiger partial charge on any atom is -0.394 e. The number of hydrogen-bond acceptors (Lipinski definition) is 6. The molecule has 0 radical (unpaired) electrons. The first-order valence-corrected chi connectivity index (χ1v) is 8.66. The molecule has 25 heavy (non-hydrogen) atoms. The molecule has 1 N–H and O–H groups in total. The van der Waals surface area contributed by atoms with Gasteiger partial charge in [-0.2, -0.15) is 0 Å². The lowest BCUT2D eigenvalue weighted by atomic mass is 10.2. The second-order valence-electron chi connectivity index (χ2n) is 7.08. The molecular formula is C19H30O6. The highest BCUT2D eigenvalue weighted by molar-refractivity contribution is 5.13. The highest BCUT2D eigenvalue weighted by Gasteiger charge is 2.33. The number of benzene rings is 1. The van der Waals surface area contributed by atoms with E-state index in [9.17, 15) is 0 Å². The maximum Gasteiger partial charge on any atom is 0.163 e. The highest BCUT2D eigenvalue weighted by Crippen LogP contribution is 2.22. The van der Waals surface area contributed by atoms with Gasteiger partial charge in [0.25, 0.3) is 0 Å². The first kappa shape index (κ1) is 20.3. The number of ether oxygens (including phenoxy) is 5. The van der Waals surface area contributed by atoms with E-state index in [4.69, 9.17) is 28.8 Å². The van der Waals surface area contributed by atoms with Crippen LogP contribution in [-0.2, 0) is 30.3 Å². The second-order valence-corrected chi connectivity index (χ2v) is 7.08. The van der Waals surface area contributed by atoms with Gasteiger partial charge in [0.2, 0.25) is 0 Å². The molecule has 0 unspecified atom stereocenters. The van der Waals surface area contributed by atoms with E-state index >= 15 is 0 Å². The Kier molecular flexibility index (Phi) is 7.37. The minimum atomic E-state index is -0.493. The van der Waals surface area contributed by atoms with E-state index < -0.39 is 11.6 Å². The molecule has 6 nitrogen and oxygen atoms in total. The zero-order valence-electron chi connectivity index (χ0n) is 15.6. The lowest BCUT2D eigenvalue weighted by molar-refractivity contribution is -0.145. The van der Waals surface area contributed by atoms with Crippen LogP contribution in [0.4, 0.5) is 0 Å². The van der Waals surface area contributed by atoms with Gasteiger partial charge in [0.15, 0.2) is 11.6 Å². The third kappa shape index (κ3) is 7.40. The molecule has 6 heteroatoms. The predicted octanol–water partition coefficient (Wildman–Crippen LogP) is 2.48. The quantitative estimate of drug-likeness (QED) is 0.876. The van der Waals surface area contributed by atoms with Crippen LogP contribution < -0.4 is 0 Å². The van der Waals surface area contributed by atoms with Gasteiger partial charge in [0, 0.05) is 0 Å². The second kappa shape index (κ2) is 9.07. The van der Waals surface area contributed by atoms with Gasteiger partial charge in [-0.05, 0) is 33.3 Å². The summed E-state index contributed by atoms with van der Waals surface area (Å²) in [6.07, 6.45) is -0.0706. The van der Waals surface area contributed by atoms with Crippen molar-refractivity contribution in [1.29, 1.82) is 0 Å². The van der Waals surface area contributed by atoms with Gasteiger partial charge in [-0.3, -0.25) is 0 Å². The normalized spacial score (nSPS) is 26.9. The van der Waals surface area contributed by atoms with Crippen molar-refractivity contribution in [2.45, 2.75) is 58.1 Å². The third-order valence-corrected chi connectivity index (χ3v) is 3.75. The average molecular weight is 354 g/mol. The summed E-state index contributed by atoms with van der Waals surface area (Å²) >= 11 is 0. The molecular weight excluding hydrogens is 324 g/mol. The predicted molar refractivity (Wildman–Crippen MR) is 93.0 cm³/mol. The highest BCUT2D eigenvalue weighted by atomic mass is 16.8. The van der Waals surface area contributed by atoms with Gasteiger partial charge in [-0.1, -0.05) is 30.3 Å². The molecule has 0 spiro atoms. The summed E-state index contributed by atoms with van der Waals surface area (Å²) in [6.45, 7) is 9.88. The van der Waals surface area contributed by atoms with Gasteiger partial charge in [-0.15, -0.1) is 0 Å². The molecule has 2 aliphatic heterocycles. The van der Waals surface area contributed by atoms with Crippen LogP contribution in [0.5, 0.6) is 0 Å². The summed E-state index contributed by atoms with van der Waals surface area (Å²) in [5.74, 6) is -0.950. The van der Waals surface area contributed by atoms with Crippen LogP contribution in [0.15, 0.2) is 30.3 Å². The standard InChI is InChI=1S/C13H18O3.C6H12O3/c1-13(2)15-10-12(16-13)9-14-8-11-6-4-3-5-7-11;1-6(2)8-4-5(3-7)9-6/h3-7,12H,8-10H2,1-2H3;5,7H,3-4H2,1-2H3/t12-;5-/m11/s1. The van der Waals surface area contributed by atoms with E-state index in [0.29, 0.717) is 26.4 Å². The molecule has 0 bridgehead atoms. The van der Waals surface area contributed by atoms with Crippen LogP contribution in [0.1, 0.15) is 33.3 Å². The van der Waals surface area contributed by atoms with E-state index in [2.05, 4.69) is 12.1 Å². The maximum atomic E-state index is 8.59. The monoisotopic (exact) mass is 354 g/mol. The first-order chi connectivity index (χ1) is 11.8. The van der Waals surface area contributed by atoms with Gasteiger partial charge < -0.3 is 28.8 Å². The fraction of sp³-hybridized carbons (Fsp3) is 0.684. The van der Waals surface area contributed by atoms with Crippen molar-refractivity contribution in [2.24, 2.45) is 0 Å². The van der Waals surface area contributed by atoms with Gasteiger partial charge in [0.05, 0.1) is 33.0 Å². The van der Waals surface area contributed by atoms with Crippen molar-refractivity contribution in [1.82, 2.24) is 0 Å². The van der Waals surface area contributed by atoms with E-state index in [1.54, 1.807) is 0 Å². The molecule has 2 aliphatic rings. The molecule has 0 aliphatic carbocycles. The molecule has 0 amide bonds. The van der Waals surface area contributed by atoms with Crippen molar-refractivity contribution in [3.05, 3.63) is 35.9 Å². The summed E-state index contributed by atoms with van der Waals surface area (Å²) in [7, 11) is 0. The molecule has 2 heterocycles. The lowest BCUT2D eigenvalue weighted by Crippen LogP contribution is -2.23. The average Bonchev–Trinajstić information content (AvgIpc) is 3.10. The molecule has 2 atom stereocenters. The summed E-state index contributed by atoms with van der Waals surface area (Å²) in [6, 6.07) is 10.1. The number of aliphatic hydroxyl groups excluding tert-OH is 1. The van der Waals surface area contributed by atoms with Crippen LogP contribution in [0.2, 0.25) is 0 Å². The molecule has 2 fully saturated rings. The number of rotatable bonds is 5. The minimum absolute atomic E-state index is 0.0451. The molecule has 2 saturated heterocycles. The van der Waals surface area contributed by atoms with Crippen LogP contribution >= 0.6 is 0 Å². The van der Waals surface area contributed by atoms with Crippen molar-refractivity contribution < 1.29 is 28.8 Å². The maximum absolute atomic E-state index is 8.59.